The third-order valence-corrected chi connectivity index (χ3v) is 11.4. The van der Waals surface area contributed by atoms with E-state index >= 15 is 0 Å². The Morgan fingerprint density at radius 3 is 1.09 bits per heavy atom. The number of esters is 4. The number of piperazine rings is 1. The smallest absolute Gasteiger partial charge is 0.307 e. The summed E-state index contributed by atoms with van der Waals surface area (Å²) >= 11 is 0. The van der Waals surface area contributed by atoms with Crippen molar-refractivity contribution < 1.29 is 57.1 Å². The summed E-state index contributed by atoms with van der Waals surface area (Å²) in [5.74, 6) is -1.56. The molecule has 0 spiro atoms. The van der Waals surface area contributed by atoms with E-state index in [1.165, 1.54) is 25.7 Å². The van der Waals surface area contributed by atoms with E-state index in [0.29, 0.717) is 58.9 Å². The van der Waals surface area contributed by atoms with E-state index in [9.17, 15) is 19.2 Å². The van der Waals surface area contributed by atoms with Gasteiger partial charge in [-0.1, -0.05) is 105 Å². The zero-order valence-electron chi connectivity index (χ0n) is 42.0. The van der Waals surface area contributed by atoms with E-state index in [1.54, 1.807) is 0 Å². The largest absolute Gasteiger partial charge is 0.462 e. The van der Waals surface area contributed by atoms with Crippen LogP contribution in [0.3, 0.4) is 0 Å². The van der Waals surface area contributed by atoms with Crippen molar-refractivity contribution in [3.63, 3.8) is 0 Å². The molecule has 0 aromatic rings. The summed E-state index contributed by atoms with van der Waals surface area (Å²) in [5, 5.41) is 0. The Labute approximate surface area is 394 Å². The van der Waals surface area contributed by atoms with Crippen LogP contribution in [0.15, 0.2) is 0 Å². The van der Waals surface area contributed by atoms with Crippen LogP contribution in [0, 0.1) is 0 Å². The summed E-state index contributed by atoms with van der Waals surface area (Å²) in [6, 6.07) is 0. The van der Waals surface area contributed by atoms with Gasteiger partial charge >= 0.3 is 23.9 Å². The number of hydrogen-bond donors (Lipinski definition) is 0. The van der Waals surface area contributed by atoms with Crippen molar-refractivity contribution >= 4 is 23.9 Å². The molecule has 382 valence electrons. The Morgan fingerprint density at radius 1 is 0.415 bits per heavy atom. The molecule has 1 fully saturated rings. The molecule has 0 atom stereocenters. The van der Waals surface area contributed by atoms with E-state index in [1.807, 2.05) is 0 Å². The van der Waals surface area contributed by atoms with E-state index in [4.69, 9.17) is 37.9 Å². The summed E-state index contributed by atoms with van der Waals surface area (Å²) in [6.07, 6.45) is 19.0. The minimum atomic E-state index is -0.440. The minimum absolute atomic E-state index is 0.0252. The summed E-state index contributed by atoms with van der Waals surface area (Å²) in [6.45, 7) is 17.6. The van der Waals surface area contributed by atoms with Crippen molar-refractivity contribution in [3.8, 4) is 0 Å². The molecular formula is C50H95N3O12. The van der Waals surface area contributed by atoms with Gasteiger partial charge in [-0.2, -0.15) is 0 Å². The quantitative estimate of drug-likeness (QED) is 0.0248. The second kappa shape index (κ2) is 44.1. The van der Waals surface area contributed by atoms with Crippen molar-refractivity contribution in [1.82, 2.24) is 14.7 Å². The second-order valence-electron chi connectivity index (χ2n) is 17.4. The van der Waals surface area contributed by atoms with Gasteiger partial charge in [0.05, 0.1) is 25.7 Å². The van der Waals surface area contributed by atoms with E-state index in [0.717, 1.165) is 116 Å². The van der Waals surface area contributed by atoms with Crippen LogP contribution < -0.4 is 0 Å². The second-order valence-corrected chi connectivity index (χ2v) is 17.4. The molecule has 1 saturated heterocycles. The van der Waals surface area contributed by atoms with E-state index in [-0.39, 0.29) is 64.0 Å². The lowest BCUT2D eigenvalue weighted by molar-refractivity contribution is -0.161. The van der Waals surface area contributed by atoms with Gasteiger partial charge in [0.15, 0.2) is 12.6 Å². The van der Waals surface area contributed by atoms with Crippen LogP contribution in [-0.4, -0.2) is 163 Å². The first kappa shape index (κ1) is 60.6. The Kier molecular flexibility index (Phi) is 41.2. The predicted octanol–water partition coefficient (Wildman–Crippen LogP) is 8.48. The number of likely N-dealkylation sites (N-methyl/N-ethyl adjacent to an activating group) is 1. The van der Waals surface area contributed by atoms with Gasteiger partial charge in [-0.25, -0.2) is 0 Å². The van der Waals surface area contributed by atoms with Crippen molar-refractivity contribution in [1.29, 1.82) is 0 Å². The van der Waals surface area contributed by atoms with Crippen molar-refractivity contribution in [3.05, 3.63) is 0 Å². The fourth-order valence-electron chi connectivity index (χ4n) is 7.21. The molecule has 1 aliphatic rings. The Morgan fingerprint density at radius 2 is 0.754 bits per heavy atom. The van der Waals surface area contributed by atoms with Crippen LogP contribution in [0.25, 0.3) is 0 Å². The maximum atomic E-state index is 12.7. The van der Waals surface area contributed by atoms with Crippen LogP contribution in [0.2, 0.25) is 0 Å². The summed E-state index contributed by atoms with van der Waals surface area (Å²) in [5.41, 5.74) is 0. The van der Waals surface area contributed by atoms with Crippen molar-refractivity contribution in [2.45, 2.75) is 188 Å². The first-order valence-electron chi connectivity index (χ1n) is 25.9. The van der Waals surface area contributed by atoms with Crippen LogP contribution in [0.1, 0.15) is 175 Å². The van der Waals surface area contributed by atoms with Gasteiger partial charge in [0, 0.05) is 78.5 Å². The van der Waals surface area contributed by atoms with E-state index in [2.05, 4.69) is 49.4 Å². The SMILES string of the molecule is CCCCCCOC(CCC(=O)OCCOC(=O)CCN(CCCN1CCN(C)CC1)CCC(=O)OCCOC(=O)CCC(OCCCCCC)OCCCCCC)OCCCCCC. The van der Waals surface area contributed by atoms with Gasteiger partial charge in [0.25, 0.3) is 0 Å². The molecule has 1 heterocycles. The van der Waals surface area contributed by atoms with E-state index < -0.39 is 24.5 Å². The molecular weight excluding hydrogens is 835 g/mol. The molecule has 0 bridgehead atoms. The molecule has 1 rings (SSSR count). The number of ether oxygens (including phenoxy) is 8. The number of hydrogen-bond acceptors (Lipinski definition) is 15. The standard InChI is InChI=1S/C50H95N3O12/c1-6-10-14-18-37-62-49(63-38-19-15-11-7-2)25-23-45(54)58-41-43-60-47(56)27-31-52(29-22-30-53-35-33-51(5)34-36-53)32-28-48(57)61-44-42-59-46(55)24-26-50(64-39-20-16-12-8-3)65-40-21-17-13-9-4/h49-50H,6-44H2,1-5H3. The highest BCUT2D eigenvalue weighted by molar-refractivity contribution is 5.71. The summed E-state index contributed by atoms with van der Waals surface area (Å²) < 4.78 is 45.3. The number of unbranched alkanes of at least 4 members (excludes halogenated alkanes) is 12. The number of nitrogens with zero attached hydrogens (tertiary/aromatic N) is 3. The first-order chi connectivity index (χ1) is 31.7. The average molecular weight is 930 g/mol. The normalized spacial score (nSPS) is 13.5. The van der Waals surface area contributed by atoms with Gasteiger partial charge in [-0.05, 0) is 52.2 Å². The van der Waals surface area contributed by atoms with Gasteiger partial charge < -0.3 is 52.6 Å². The zero-order chi connectivity index (χ0) is 47.4. The average Bonchev–Trinajstić information content (AvgIpc) is 3.30. The lowest BCUT2D eigenvalue weighted by Gasteiger charge is -2.33. The highest BCUT2D eigenvalue weighted by Crippen LogP contribution is 2.13. The van der Waals surface area contributed by atoms with Crippen LogP contribution >= 0.6 is 0 Å². The molecule has 0 N–H and O–H groups in total. The maximum Gasteiger partial charge on any atom is 0.307 e. The lowest BCUT2D eigenvalue weighted by Crippen LogP contribution is -2.45. The molecule has 0 amide bonds. The molecule has 0 unspecified atom stereocenters. The Balaban J connectivity index is 2.47. The Hall–Kier alpha value is -2.40. The highest BCUT2D eigenvalue weighted by Gasteiger charge is 2.18. The van der Waals surface area contributed by atoms with Crippen LogP contribution in [0.4, 0.5) is 0 Å². The zero-order valence-corrected chi connectivity index (χ0v) is 42.0. The van der Waals surface area contributed by atoms with Crippen LogP contribution in [-0.2, 0) is 57.1 Å². The highest BCUT2D eigenvalue weighted by atomic mass is 16.7. The minimum Gasteiger partial charge on any atom is -0.462 e. The molecule has 0 aromatic carbocycles. The lowest BCUT2D eigenvalue weighted by atomic mass is 10.2. The first-order valence-corrected chi connectivity index (χ1v) is 25.9. The number of carbonyl (C=O) groups is 4. The van der Waals surface area contributed by atoms with Crippen LogP contribution in [0.5, 0.6) is 0 Å². The predicted molar refractivity (Wildman–Crippen MR) is 254 cm³/mol. The Bertz CT molecular complexity index is 1040. The van der Waals surface area contributed by atoms with Gasteiger partial charge in [-0.3, -0.25) is 19.2 Å². The molecule has 0 aliphatic carbocycles. The fourth-order valence-corrected chi connectivity index (χ4v) is 7.21. The number of carbonyl (C=O) groups excluding carboxylic acids is 4. The molecule has 0 radical (unpaired) electrons. The maximum absolute atomic E-state index is 12.7. The third kappa shape index (κ3) is 38.3. The molecule has 1 aliphatic heterocycles. The van der Waals surface area contributed by atoms with Crippen molar-refractivity contribution in [2.75, 3.05) is 112 Å². The topological polar surface area (TPSA) is 152 Å². The molecule has 65 heavy (non-hydrogen) atoms. The summed E-state index contributed by atoms with van der Waals surface area (Å²) in [4.78, 5) is 57.3. The molecule has 15 heteroatoms. The van der Waals surface area contributed by atoms with Gasteiger partial charge in [0.1, 0.15) is 26.4 Å². The van der Waals surface area contributed by atoms with Crippen molar-refractivity contribution in [2.24, 2.45) is 0 Å². The fraction of sp³-hybridized carbons (Fsp3) is 0.920. The molecule has 0 saturated carbocycles. The molecule has 0 aromatic heterocycles. The number of rotatable bonds is 46. The third-order valence-electron chi connectivity index (χ3n) is 11.4. The van der Waals surface area contributed by atoms with Gasteiger partial charge in [0.2, 0.25) is 0 Å². The molecule has 15 nitrogen and oxygen atoms in total. The summed E-state index contributed by atoms with van der Waals surface area (Å²) in [7, 11) is 2.13. The monoisotopic (exact) mass is 930 g/mol. The van der Waals surface area contributed by atoms with Gasteiger partial charge in [-0.15, -0.1) is 0 Å².